The molecule has 7 nitrogen and oxygen atoms in total. The molecular weight excluding hydrogens is 396 g/mol. The minimum absolute atomic E-state index is 0.252. The number of pyridine rings is 1. The third-order valence-electron chi connectivity index (χ3n) is 4.21. The van der Waals surface area contributed by atoms with Crippen molar-refractivity contribution in [3.05, 3.63) is 47.4 Å². The Labute approximate surface area is 169 Å². The van der Waals surface area contributed by atoms with Crippen LogP contribution in [0.3, 0.4) is 0 Å². The third kappa shape index (κ3) is 5.18. The summed E-state index contributed by atoms with van der Waals surface area (Å²) in [4.78, 5) is 9.08. The summed E-state index contributed by atoms with van der Waals surface area (Å²) in [5, 5.41) is 6.16. The number of unbranched alkanes of at least 4 members (excludes halogenated alkanes) is 2. The van der Waals surface area contributed by atoms with Crippen molar-refractivity contribution in [1.82, 2.24) is 14.7 Å². The first-order valence-electron chi connectivity index (χ1n) is 9.12. The normalized spacial score (nSPS) is 11.6. The van der Waals surface area contributed by atoms with E-state index in [4.69, 9.17) is 4.42 Å². The predicted octanol–water partition coefficient (Wildman–Crippen LogP) is 3.98. The Bertz CT molecular complexity index is 978. The van der Waals surface area contributed by atoms with E-state index in [1.54, 1.807) is 31.4 Å². The number of rotatable bonds is 10. The van der Waals surface area contributed by atoms with Crippen LogP contribution in [0.25, 0.3) is 11.4 Å². The van der Waals surface area contributed by atoms with Crippen LogP contribution in [0.15, 0.2) is 45.4 Å². The number of sulfonamides is 1. The molecule has 0 saturated carbocycles. The fourth-order valence-corrected chi connectivity index (χ4v) is 5.04. The Morgan fingerprint density at radius 2 is 1.93 bits per heavy atom. The molecule has 3 aromatic heterocycles. The van der Waals surface area contributed by atoms with Crippen molar-refractivity contribution >= 4 is 26.5 Å². The maximum atomic E-state index is 12.3. The van der Waals surface area contributed by atoms with Crippen molar-refractivity contribution in [2.45, 2.75) is 38.0 Å². The fraction of sp³-hybridized carbons (Fsp3) is 0.368. The van der Waals surface area contributed by atoms with E-state index in [2.05, 4.69) is 20.0 Å². The highest BCUT2D eigenvalue weighted by Gasteiger charge is 2.21. The van der Waals surface area contributed by atoms with Crippen LogP contribution in [0.4, 0.5) is 5.13 Å². The molecule has 0 amide bonds. The van der Waals surface area contributed by atoms with Crippen molar-refractivity contribution in [3.8, 4) is 11.4 Å². The van der Waals surface area contributed by atoms with Gasteiger partial charge < -0.3 is 9.73 Å². The minimum Gasteiger partial charge on any atom is -0.468 e. The standard InChI is InChI=1S/C19H24N4O3S2/c1-14-12-26-15(2)18(14)28(24,25)22-11-6-3-5-10-21-19-23-17(13-27-19)16-8-4-7-9-20-16/h4,7-9,12-13,22H,3,5-6,10-11H2,1-2H3,(H,21,23). The van der Waals surface area contributed by atoms with E-state index in [9.17, 15) is 8.42 Å². The first-order valence-corrected chi connectivity index (χ1v) is 11.5. The number of aryl methyl sites for hydroxylation is 2. The van der Waals surface area contributed by atoms with E-state index in [1.807, 2.05) is 23.6 Å². The van der Waals surface area contributed by atoms with Crippen LogP contribution in [-0.2, 0) is 10.0 Å². The van der Waals surface area contributed by atoms with Crippen LogP contribution in [-0.4, -0.2) is 31.5 Å². The monoisotopic (exact) mass is 420 g/mol. The Kier molecular flexibility index (Phi) is 6.82. The molecule has 28 heavy (non-hydrogen) atoms. The molecule has 3 heterocycles. The zero-order valence-electron chi connectivity index (χ0n) is 15.9. The van der Waals surface area contributed by atoms with Crippen molar-refractivity contribution in [3.63, 3.8) is 0 Å². The number of hydrogen-bond acceptors (Lipinski definition) is 7. The molecule has 9 heteroatoms. The number of nitrogens with one attached hydrogen (secondary N) is 2. The lowest BCUT2D eigenvalue weighted by Crippen LogP contribution is -2.25. The number of aromatic nitrogens is 2. The predicted molar refractivity (Wildman–Crippen MR) is 111 cm³/mol. The summed E-state index contributed by atoms with van der Waals surface area (Å²) in [6.45, 7) is 4.59. The lowest BCUT2D eigenvalue weighted by Gasteiger charge is -2.07. The maximum Gasteiger partial charge on any atom is 0.244 e. The highest BCUT2D eigenvalue weighted by atomic mass is 32.2. The molecule has 0 unspecified atom stereocenters. The Hall–Kier alpha value is -2.23. The zero-order chi connectivity index (χ0) is 20.0. The van der Waals surface area contributed by atoms with Gasteiger partial charge in [0.2, 0.25) is 10.0 Å². The molecule has 3 rings (SSSR count). The Morgan fingerprint density at radius 1 is 1.11 bits per heavy atom. The average Bonchev–Trinajstić information content (AvgIpc) is 3.28. The van der Waals surface area contributed by atoms with Crippen LogP contribution in [0.2, 0.25) is 0 Å². The molecular formula is C19H24N4O3S2. The number of furan rings is 1. The van der Waals surface area contributed by atoms with Crippen LogP contribution in [0, 0.1) is 13.8 Å². The number of anilines is 1. The molecule has 3 aromatic rings. The van der Waals surface area contributed by atoms with Crippen molar-refractivity contribution < 1.29 is 12.8 Å². The van der Waals surface area contributed by atoms with Gasteiger partial charge in [-0.1, -0.05) is 12.5 Å². The van der Waals surface area contributed by atoms with Crippen LogP contribution < -0.4 is 10.0 Å². The van der Waals surface area contributed by atoms with Gasteiger partial charge in [-0.2, -0.15) is 0 Å². The lowest BCUT2D eigenvalue weighted by atomic mass is 10.2. The smallest absolute Gasteiger partial charge is 0.244 e. The van der Waals surface area contributed by atoms with Gasteiger partial charge in [0.05, 0.1) is 12.0 Å². The summed E-state index contributed by atoms with van der Waals surface area (Å²) in [7, 11) is -3.51. The first kappa shape index (κ1) is 20.5. The van der Waals surface area contributed by atoms with E-state index >= 15 is 0 Å². The Balaban J connectivity index is 1.35. The molecule has 0 aliphatic heterocycles. The second kappa shape index (κ2) is 9.31. The molecule has 0 atom stereocenters. The van der Waals surface area contributed by atoms with E-state index in [0.717, 1.165) is 42.3 Å². The van der Waals surface area contributed by atoms with Gasteiger partial charge in [-0.25, -0.2) is 18.1 Å². The third-order valence-corrected chi connectivity index (χ3v) is 6.74. The molecule has 2 N–H and O–H groups in total. The second-order valence-corrected chi connectivity index (χ2v) is 9.00. The summed E-state index contributed by atoms with van der Waals surface area (Å²) in [5.74, 6) is 0.419. The number of thiazole rings is 1. The topological polar surface area (TPSA) is 97.1 Å². The van der Waals surface area contributed by atoms with Crippen LogP contribution in [0.5, 0.6) is 0 Å². The van der Waals surface area contributed by atoms with Gasteiger partial charge in [0, 0.05) is 30.2 Å². The molecule has 0 radical (unpaired) electrons. The molecule has 0 bridgehead atoms. The Morgan fingerprint density at radius 3 is 2.64 bits per heavy atom. The fourth-order valence-electron chi connectivity index (χ4n) is 2.85. The van der Waals surface area contributed by atoms with Gasteiger partial charge in [0.1, 0.15) is 16.3 Å². The summed E-state index contributed by atoms with van der Waals surface area (Å²) < 4.78 is 32.5. The first-order chi connectivity index (χ1) is 13.5. The van der Waals surface area contributed by atoms with Crippen molar-refractivity contribution in [2.24, 2.45) is 0 Å². The summed E-state index contributed by atoms with van der Waals surface area (Å²) in [5.41, 5.74) is 2.36. The minimum atomic E-state index is -3.51. The molecule has 150 valence electrons. The van der Waals surface area contributed by atoms with E-state index in [0.29, 0.717) is 17.9 Å². The van der Waals surface area contributed by atoms with Gasteiger partial charge in [-0.15, -0.1) is 11.3 Å². The van der Waals surface area contributed by atoms with Crippen molar-refractivity contribution in [2.75, 3.05) is 18.4 Å². The maximum absolute atomic E-state index is 12.3. The van der Waals surface area contributed by atoms with Gasteiger partial charge in [0.25, 0.3) is 0 Å². The summed E-state index contributed by atoms with van der Waals surface area (Å²) in [6, 6.07) is 5.76. The van der Waals surface area contributed by atoms with E-state index < -0.39 is 10.0 Å². The second-order valence-electron chi connectivity index (χ2n) is 6.44. The van der Waals surface area contributed by atoms with E-state index in [1.165, 1.54) is 6.26 Å². The quantitative estimate of drug-likeness (QED) is 0.482. The SMILES string of the molecule is Cc1coc(C)c1S(=O)(=O)NCCCCCNc1nc(-c2ccccn2)cs1. The molecule has 0 spiro atoms. The van der Waals surface area contributed by atoms with Gasteiger partial charge in [-0.05, 0) is 38.8 Å². The summed E-state index contributed by atoms with van der Waals surface area (Å²) in [6.07, 6.45) is 5.84. The van der Waals surface area contributed by atoms with Gasteiger partial charge >= 0.3 is 0 Å². The molecule has 0 saturated heterocycles. The molecule has 0 fully saturated rings. The zero-order valence-corrected chi connectivity index (χ0v) is 17.6. The summed E-state index contributed by atoms with van der Waals surface area (Å²) >= 11 is 1.55. The lowest BCUT2D eigenvalue weighted by molar-refractivity contribution is 0.520. The average molecular weight is 421 g/mol. The molecule has 0 aromatic carbocycles. The van der Waals surface area contributed by atoms with E-state index in [-0.39, 0.29) is 4.90 Å². The molecule has 0 aliphatic carbocycles. The van der Waals surface area contributed by atoms with Gasteiger partial charge in [0.15, 0.2) is 5.13 Å². The van der Waals surface area contributed by atoms with Crippen molar-refractivity contribution in [1.29, 1.82) is 0 Å². The number of hydrogen-bond donors (Lipinski definition) is 2. The van der Waals surface area contributed by atoms with Crippen LogP contribution in [0.1, 0.15) is 30.6 Å². The van der Waals surface area contributed by atoms with Gasteiger partial charge in [-0.3, -0.25) is 4.98 Å². The van der Waals surface area contributed by atoms with Crippen LogP contribution >= 0.6 is 11.3 Å². The highest BCUT2D eigenvalue weighted by Crippen LogP contribution is 2.23. The highest BCUT2D eigenvalue weighted by molar-refractivity contribution is 7.89. The largest absolute Gasteiger partial charge is 0.468 e. The number of nitrogens with zero attached hydrogens (tertiary/aromatic N) is 2. The molecule has 0 aliphatic rings.